The van der Waals surface area contributed by atoms with Gasteiger partial charge in [-0.3, -0.25) is 0 Å². The molecule has 2 N–H and O–H groups in total. The highest BCUT2D eigenvalue weighted by Crippen LogP contribution is 2.23. The summed E-state index contributed by atoms with van der Waals surface area (Å²) in [5.41, 5.74) is 8.21. The second-order valence-corrected chi connectivity index (χ2v) is 6.42. The lowest BCUT2D eigenvalue weighted by atomic mass is 10.0. The van der Waals surface area contributed by atoms with Crippen molar-refractivity contribution >= 4 is 11.3 Å². The van der Waals surface area contributed by atoms with E-state index in [9.17, 15) is 0 Å². The maximum atomic E-state index is 6.13. The Kier molecular flexibility index (Phi) is 3.10. The van der Waals surface area contributed by atoms with Gasteiger partial charge in [-0.2, -0.15) is 0 Å². The van der Waals surface area contributed by atoms with Crippen molar-refractivity contribution in [2.24, 2.45) is 5.73 Å². The molecule has 2 aromatic rings. The molecule has 92 valence electrons. The van der Waals surface area contributed by atoms with Crippen LogP contribution >= 0.6 is 11.3 Å². The summed E-state index contributed by atoms with van der Waals surface area (Å²) in [6.07, 6.45) is 3.71. The summed E-state index contributed by atoms with van der Waals surface area (Å²) in [5, 5.41) is 0. The van der Waals surface area contributed by atoms with Crippen molar-refractivity contribution in [3.63, 3.8) is 0 Å². The van der Waals surface area contributed by atoms with Crippen LogP contribution in [-0.4, -0.2) is 9.55 Å². The maximum Gasteiger partial charge on any atom is 0.0952 e. The van der Waals surface area contributed by atoms with E-state index in [-0.39, 0.29) is 5.54 Å². The molecule has 0 amide bonds. The summed E-state index contributed by atoms with van der Waals surface area (Å²) >= 11 is 1.84. The average molecular weight is 249 g/mol. The SMILES string of the molecule is Cc1cc(Cn2cncc2C(C)(C)N)sc1C. The van der Waals surface area contributed by atoms with Gasteiger partial charge in [-0.1, -0.05) is 0 Å². The van der Waals surface area contributed by atoms with Crippen LogP contribution in [0.15, 0.2) is 18.6 Å². The monoisotopic (exact) mass is 249 g/mol. The Morgan fingerprint density at radius 1 is 1.41 bits per heavy atom. The van der Waals surface area contributed by atoms with E-state index < -0.39 is 0 Å². The van der Waals surface area contributed by atoms with Crippen LogP contribution in [0.2, 0.25) is 0 Å². The number of hydrogen-bond donors (Lipinski definition) is 1. The molecule has 17 heavy (non-hydrogen) atoms. The number of imidazole rings is 1. The smallest absolute Gasteiger partial charge is 0.0952 e. The lowest BCUT2D eigenvalue weighted by Gasteiger charge is -2.20. The number of aryl methyl sites for hydroxylation is 2. The first-order valence-electron chi connectivity index (χ1n) is 5.73. The molecule has 2 heterocycles. The second kappa shape index (κ2) is 4.27. The zero-order valence-electron chi connectivity index (χ0n) is 10.8. The highest BCUT2D eigenvalue weighted by atomic mass is 32.1. The molecular formula is C13H19N3S. The van der Waals surface area contributed by atoms with E-state index in [0.29, 0.717) is 0 Å². The van der Waals surface area contributed by atoms with E-state index in [4.69, 9.17) is 5.73 Å². The first-order chi connectivity index (χ1) is 7.88. The highest BCUT2D eigenvalue weighted by molar-refractivity contribution is 7.12. The van der Waals surface area contributed by atoms with Crippen molar-refractivity contribution in [3.8, 4) is 0 Å². The third-order valence-electron chi connectivity index (χ3n) is 2.92. The van der Waals surface area contributed by atoms with Gasteiger partial charge in [0.1, 0.15) is 0 Å². The van der Waals surface area contributed by atoms with Crippen molar-refractivity contribution < 1.29 is 0 Å². The summed E-state index contributed by atoms with van der Waals surface area (Å²) in [7, 11) is 0. The topological polar surface area (TPSA) is 43.8 Å². The van der Waals surface area contributed by atoms with Crippen molar-refractivity contribution in [2.75, 3.05) is 0 Å². The minimum absolute atomic E-state index is 0.349. The molecule has 0 aliphatic rings. The summed E-state index contributed by atoms with van der Waals surface area (Å²) in [4.78, 5) is 6.94. The molecule has 0 unspecified atom stereocenters. The molecule has 0 radical (unpaired) electrons. The van der Waals surface area contributed by atoms with E-state index in [1.54, 1.807) is 0 Å². The van der Waals surface area contributed by atoms with Crippen LogP contribution in [0.3, 0.4) is 0 Å². The number of aromatic nitrogens is 2. The van der Waals surface area contributed by atoms with Crippen LogP contribution < -0.4 is 5.73 Å². The van der Waals surface area contributed by atoms with E-state index in [2.05, 4.69) is 29.5 Å². The van der Waals surface area contributed by atoms with Crippen molar-refractivity contribution in [1.29, 1.82) is 0 Å². The number of hydrogen-bond acceptors (Lipinski definition) is 3. The van der Waals surface area contributed by atoms with Gasteiger partial charge in [0.15, 0.2) is 0 Å². The fourth-order valence-corrected chi connectivity index (χ4v) is 2.93. The normalized spacial score (nSPS) is 12.1. The third-order valence-corrected chi connectivity index (χ3v) is 4.05. The van der Waals surface area contributed by atoms with Gasteiger partial charge in [0.05, 0.1) is 24.1 Å². The van der Waals surface area contributed by atoms with Crippen molar-refractivity contribution in [2.45, 2.75) is 39.8 Å². The van der Waals surface area contributed by atoms with E-state index >= 15 is 0 Å². The molecule has 2 rings (SSSR count). The van der Waals surface area contributed by atoms with Gasteiger partial charge < -0.3 is 10.3 Å². The van der Waals surface area contributed by atoms with E-state index in [0.717, 1.165) is 12.2 Å². The first-order valence-corrected chi connectivity index (χ1v) is 6.55. The molecule has 2 aromatic heterocycles. The Bertz CT molecular complexity index is 497. The van der Waals surface area contributed by atoms with Gasteiger partial charge >= 0.3 is 0 Å². The summed E-state index contributed by atoms with van der Waals surface area (Å²) in [6.45, 7) is 9.17. The number of nitrogens with two attached hydrogens (primary N) is 1. The Labute approximate surface area is 106 Å². The summed E-state index contributed by atoms with van der Waals surface area (Å²) < 4.78 is 2.13. The summed E-state index contributed by atoms with van der Waals surface area (Å²) in [6, 6.07) is 2.24. The molecule has 0 aliphatic carbocycles. The highest BCUT2D eigenvalue weighted by Gasteiger charge is 2.19. The van der Waals surface area contributed by atoms with Crippen LogP contribution in [0.4, 0.5) is 0 Å². The quantitative estimate of drug-likeness (QED) is 0.909. The molecule has 0 fully saturated rings. The predicted molar refractivity (Wildman–Crippen MR) is 72.3 cm³/mol. The molecule has 3 nitrogen and oxygen atoms in total. The molecule has 0 aromatic carbocycles. The third kappa shape index (κ3) is 2.58. The van der Waals surface area contributed by atoms with Gasteiger partial charge in [0.2, 0.25) is 0 Å². The van der Waals surface area contributed by atoms with Crippen LogP contribution in [-0.2, 0) is 12.1 Å². The Morgan fingerprint density at radius 3 is 2.65 bits per heavy atom. The molecule has 0 bridgehead atoms. The number of nitrogens with zero attached hydrogens (tertiary/aromatic N) is 2. The second-order valence-electron chi connectivity index (χ2n) is 5.08. The average Bonchev–Trinajstić information content (AvgIpc) is 2.74. The van der Waals surface area contributed by atoms with Gasteiger partial charge in [0.25, 0.3) is 0 Å². The molecule has 0 saturated carbocycles. The molecule has 0 saturated heterocycles. The van der Waals surface area contributed by atoms with Crippen LogP contribution in [0.5, 0.6) is 0 Å². The van der Waals surface area contributed by atoms with E-state index in [1.807, 2.05) is 37.7 Å². The lowest BCUT2D eigenvalue weighted by Crippen LogP contribution is -2.31. The van der Waals surface area contributed by atoms with Gasteiger partial charge in [-0.15, -0.1) is 11.3 Å². The zero-order valence-corrected chi connectivity index (χ0v) is 11.6. The molecular weight excluding hydrogens is 230 g/mol. The molecule has 4 heteroatoms. The van der Waals surface area contributed by atoms with Crippen LogP contribution in [0.1, 0.15) is 34.9 Å². The van der Waals surface area contributed by atoms with E-state index in [1.165, 1.54) is 15.3 Å². The lowest BCUT2D eigenvalue weighted by molar-refractivity contribution is 0.504. The minimum atomic E-state index is -0.349. The Morgan fingerprint density at radius 2 is 2.12 bits per heavy atom. The maximum absolute atomic E-state index is 6.13. The van der Waals surface area contributed by atoms with Gasteiger partial charge in [-0.05, 0) is 39.3 Å². The zero-order chi connectivity index (χ0) is 12.6. The molecule has 0 spiro atoms. The van der Waals surface area contributed by atoms with Gasteiger partial charge in [0, 0.05) is 16.0 Å². The minimum Gasteiger partial charge on any atom is -0.328 e. The Hall–Kier alpha value is -1.13. The van der Waals surface area contributed by atoms with Gasteiger partial charge in [-0.25, -0.2) is 4.98 Å². The van der Waals surface area contributed by atoms with Crippen molar-refractivity contribution in [3.05, 3.63) is 39.6 Å². The fraction of sp³-hybridized carbons (Fsp3) is 0.462. The predicted octanol–water partition coefficient (Wildman–Crippen LogP) is 2.80. The molecule has 0 aliphatic heterocycles. The number of thiophene rings is 1. The van der Waals surface area contributed by atoms with Crippen molar-refractivity contribution in [1.82, 2.24) is 9.55 Å². The van der Waals surface area contributed by atoms with Crippen LogP contribution in [0.25, 0.3) is 0 Å². The number of rotatable bonds is 3. The first kappa shape index (κ1) is 12.3. The standard InChI is InChI=1S/C13H19N3S/c1-9-5-11(17-10(9)2)7-16-8-15-6-12(16)13(3,4)14/h5-6,8H,7,14H2,1-4H3. The fourth-order valence-electron chi connectivity index (χ4n) is 1.88. The van der Waals surface area contributed by atoms with Crippen LogP contribution in [0, 0.1) is 13.8 Å². The summed E-state index contributed by atoms with van der Waals surface area (Å²) in [5.74, 6) is 0. The largest absolute Gasteiger partial charge is 0.328 e. The molecule has 0 atom stereocenters. The Balaban J connectivity index is 2.28.